The van der Waals surface area contributed by atoms with E-state index in [0.29, 0.717) is 0 Å². The van der Waals surface area contributed by atoms with Crippen LogP contribution in [-0.2, 0) is 0 Å². The zero-order valence-electron chi connectivity index (χ0n) is 11.4. The summed E-state index contributed by atoms with van der Waals surface area (Å²) in [5, 5.41) is 0. The van der Waals surface area contributed by atoms with Crippen LogP contribution in [0.15, 0.2) is 40.9 Å². The zero-order chi connectivity index (χ0) is 14.0. The number of hydrogen-bond donors (Lipinski definition) is 1. The molecule has 0 bridgehead atoms. The van der Waals surface area contributed by atoms with Gasteiger partial charge >= 0.3 is 0 Å². The van der Waals surface area contributed by atoms with Crippen molar-refractivity contribution in [2.24, 2.45) is 5.73 Å². The van der Waals surface area contributed by atoms with E-state index >= 15 is 0 Å². The first kappa shape index (κ1) is 14.1. The molecule has 0 aliphatic rings. The van der Waals surface area contributed by atoms with Crippen molar-refractivity contribution in [1.29, 1.82) is 0 Å². The third-order valence-electron chi connectivity index (χ3n) is 3.02. The number of rotatable bonds is 3. The lowest BCUT2D eigenvalue weighted by atomic mass is 10.1. The van der Waals surface area contributed by atoms with Crippen molar-refractivity contribution < 1.29 is 4.74 Å². The van der Waals surface area contributed by atoms with Crippen LogP contribution in [0.4, 0.5) is 0 Å². The summed E-state index contributed by atoms with van der Waals surface area (Å²) in [4.78, 5) is 0. The van der Waals surface area contributed by atoms with Gasteiger partial charge in [-0.1, -0.05) is 39.7 Å². The molecule has 0 unspecified atom stereocenters. The summed E-state index contributed by atoms with van der Waals surface area (Å²) < 4.78 is 6.89. The van der Waals surface area contributed by atoms with Crippen molar-refractivity contribution in [3.8, 4) is 11.5 Å². The molecule has 2 aromatic carbocycles. The highest BCUT2D eigenvalue weighted by Crippen LogP contribution is 2.31. The Balaban J connectivity index is 2.26. The lowest BCUT2D eigenvalue weighted by Gasteiger charge is -2.13. The Morgan fingerprint density at radius 1 is 1.11 bits per heavy atom. The first-order chi connectivity index (χ1) is 8.97. The fourth-order valence-electron chi connectivity index (χ4n) is 1.98. The second-order valence-electron chi connectivity index (χ2n) is 4.84. The predicted molar refractivity (Wildman–Crippen MR) is 82.7 cm³/mol. The topological polar surface area (TPSA) is 35.2 Å². The molecule has 2 N–H and O–H groups in total. The van der Waals surface area contributed by atoms with Gasteiger partial charge in [0.05, 0.1) is 0 Å². The van der Waals surface area contributed by atoms with E-state index in [1.807, 2.05) is 44.2 Å². The van der Waals surface area contributed by atoms with Gasteiger partial charge in [-0.2, -0.15) is 0 Å². The van der Waals surface area contributed by atoms with Gasteiger partial charge in [-0.15, -0.1) is 0 Å². The molecule has 0 saturated heterocycles. The Labute approximate surface area is 122 Å². The van der Waals surface area contributed by atoms with Crippen LogP contribution in [0.2, 0.25) is 0 Å². The summed E-state index contributed by atoms with van der Waals surface area (Å²) in [7, 11) is 0. The lowest BCUT2D eigenvalue weighted by molar-refractivity contribution is 0.478. The summed E-state index contributed by atoms with van der Waals surface area (Å²) in [5.74, 6) is 1.69. The molecule has 0 aliphatic heterocycles. The van der Waals surface area contributed by atoms with E-state index in [-0.39, 0.29) is 6.04 Å². The average molecular weight is 320 g/mol. The lowest BCUT2D eigenvalue weighted by Crippen LogP contribution is -2.05. The number of nitrogens with two attached hydrogens (primary N) is 1. The van der Waals surface area contributed by atoms with Gasteiger partial charge < -0.3 is 10.5 Å². The first-order valence-electron chi connectivity index (χ1n) is 6.27. The molecule has 3 heteroatoms. The molecule has 1 atom stereocenters. The van der Waals surface area contributed by atoms with Crippen molar-refractivity contribution in [1.82, 2.24) is 0 Å². The molecular formula is C16H18BrNO. The van der Waals surface area contributed by atoms with Crippen LogP contribution in [0.3, 0.4) is 0 Å². The monoisotopic (exact) mass is 319 g/mol. The summed E-state index contributed by atoms with van der Waals surface area (Å²) in [6.07, 6.45) is 0. The van der Waals surface area contributed by atoms with E-state index in [1.54, 1.807) is 0 Å². The van der Waals surface area contributed by atoms with Gasteiger partial charge in [0.2, 0.25) is 0 Å². The Hall–Kier alpha value is -1.32. The molecule has 0 saturated carbocycles. The quantitative estimate of drug-likeness (QED) is 0.875. The van der Waals surface area contributed by atoms with Crippen LogP contribution in [0.25, 0.3) is 0 Å². The van der Waals surface area contributed by atoms with E-state index in [4.69, 9.17) is 10.5 Å². The molecule has 0 fully saturated rings. The third-order valence-corrected chi connectivity index (χ3v) is 3.71. The maximum Gasteiger partial charge on any atom is 0.130 e. The Kier molecular flexibility index (Phi) is 4.27. The molecule has 2 nitrogen and oxygen atoms in total. The summed E-state index contributed by atoms with van der Waals surface area (Å²) in [5.41, 5.74) is 9.33. The van der Waals surface area contributed by atoms with Gasteiger partial charge in [0.25, 0.3) is 0 Å². The highest BCUT2D eigenvalue weighted by molar-refractivity contribution is 9.10. The summed E-state index contributed by atoms with van der Waals surface area (Å²) >= 11 is 3.53. The van der Waals surface area contributed by atoms with E-state index in [2.05, 4.69) is 28.9 Å². The van der Waals surface area contributed by atoms with Gasteiger partial charge in [-0.25, -0.2) is 0 Å². The maximum atomic E-state index is 5.91. The SMILES string of the molecule is Cc1ccc(Oc2ccc([C@@H](C)N)c(Br)c2)c(C)c1. The molecule has 0 radical (unpaired) electrons. The van der Waals surface area contributed by atoms with Gasteiger partial charge in [-0.3, -0.25) is 0 Å². The van der Waals surface area contributed by atoms with Crippen LogP contribution in [0.1, 0.15) is 29.7 Å². The predicted octanol–water partition coefficient (Wildman–Crippen LogP) is 4.88. The molecule has 0 aromatic heterocycles. The van der Waals surface area contributed by atoms with Gasteiger partial charge in [-0.05, 0) is 50.1 Å². The van der Waals surface area contributed by atoms with E-state index in [0.717, 1.165) is 27.1 Å². The third kappa shape index (κ3) is 3.37. The second-order valence-corrected chi connectivity index (χ2v) is 5.70. The molecule has 0 amide bonds. The van der Waals surface area contributed by atoms with Crippen LogP contribution in [-0.4, -0.2) is 0 Å². The molecule has 19 heavy (non-hydrogen) atoms. The molecule has 2 rings (SSSR count). The molecule has 0 spiro atoms. The summed E-state index contributed by atoms with van der Waals surface area (Å²) in [6.45, 7) is 6.09. The highest BCUT2D eigenvalue weighted by atomic mass is 79.9. The van der Waals surface area contributed by atoms with Crippen molar-refractivity contribution >= 4 is 15.9 Å². The Morgan fingerprint density at radius 2 is 1.84 bits per heavy atom. The summed E-state index contributed by atoms with van der Waals surface area (Å²) in [6, 6.07) is 12.1. The molecular weight excluding hydrogens is 302 g/mol. The maximum absolute atomic E-state index is 5.91. The first-order valence-corrected chi connectivity index (χ1v) is 7.07. The Bertz CT molecular complexity index is 593. The minimum Gasteiger partial charge on any atom is -0.457 e. The van der Waals surface area contributed by atoms with E-state index in [9.17, 15) is 0 Å². The minimum atomic E-state index is 0.00420. The fourth-order valence-corrected chi connectivity index (χ4v) is 2.70. The largest absolute Gasteiger partial charge is 0.457 e. The molecule has 0 aliphatic carbocycles. The van der Waals surface area contributed by atoms with E-state index in [1.165, 1.54) is 5.56 Å². The van der Waals surface area contributed by atoms with Gasteiger partial charge in [0, 0.05) is 10.5 Å². The number of aryl methyl sites for hydroxylation is 2. The molecule has 2 aromatic rings. The highest BCUT2D eigenvalue weighted by Gasteiger charge is 2.07. The van der Waals surface area contributed by atoms with Crippen molar-refractivity contribution in [2.45, 2.75) is 26.8 Å². The van der Waals surface area contributed by atoms with Crippen LogP contribution in [0.5, 0.6) is 11.5 Å². The Morgan fingerprint density at radius 3 is 2.42 bits per heavy atom. The van der Waals surface area contributed by atoms with Gasteiger partial charge in [0.15, 0.2) is 0 Å². The molecule has 100 valence electrons. The number of ether oxygens (including phenoxy) is 1. The average Bonchev–Trinajstić information content (AvgIpc) is 2.32. The minimum absolute atomic E-state index is 0.00420. The molecule has 0 heterocycles. The van der Waals surface area contributed by atoms with Crippen molar-refractivity contribution in [3.63, 3.8) is 0 Å². The second kappa shape index (κ2) is 5.76. The zero-order valence-corrected chi connectivity index (χ0v) is 13.0. The standard InChI is InChI=1S/C16H18BrNO/c1-10-4-7-16(11(2)8-10)19-13-5-6-14(12(3)18)15(17)9-13/h4-9,12H,18H2,1-3H3/t12-/m1/s1. The number of benzene rings is 2. The number of hydrogen-bond acceptors (Lipinski definition) is 2. The fraction of sp³-hybridized carbons (Fsp3) is 0.250. The van der Waals surface area contributed by atoms with Crippen LogP contribution >= 0.6 is 15.9 Å². The van der Waals surface area contributed by atoms with Crippen molar-refractivity contribution in [3.05, 3.63) is 57.6 Å². The van der Waals surface area contributed by atoms with Gasteiger partial charge in [0.1, 0.15) is 11.5 Å². The van der Waals surface area contributed by atoms with Crippen LogP contribution < -0.4 is 10.5 Å². The smallest absolute Gasteiger partial charge is 0.130 e. The van der Waals surface area contributed by atoms with E-state index < -0.39 is 0 Å². The van der Waals surface area contributed by atoms with Crippen molar-refractivity contribution in [2.75, 3.05) is 0 Å². The van der Waals surface area contributed by atoms with Crippen LogP contribution in [0, 0.1) is 13.8 Å². The normalized spacial score (nSPS) is 12.3. The number of halogens is 1.